The van der Waals surface area contributed by atoms with Crippen LogP contribution in [-0.2, 0) is 85.3 Å². The molecule has 90 heavy (non-hydrogen) atoms. The van der Waals surface area contributed by atoms with E-state index in [0.29, 0.717) is 0 Å². The Balaban J connectivity index is 1.30. The van der Waals surface area contributed by atoms with Crippen molar-refractivity contribution in [3.63, 3.8) is 0 Å². The first-order valence-electron chi connectivity index (χ1n) is 30.1. The molecule has 36 nitrogen and oxygen atoms in total. The molecule has 0 amide bonds. The van der Waals surface area contributed by atoms with Gasteiger partial charge in [0.15, 0.2) is 37.7 Å². The van der Waals surface area contributed by atoms with Crippen molar-refractivity contribution in [1.29, 1.82) is 0 Å². The molecule has 36 unspecified atom stereocenters. The third-order valence-corrected chi connectivity index (χ3v) is 15.4. The summed E-state index contributed by atoms with van der Waals surface area (Å²) in [6.45, 7) is 2.83. The van der Waals surface area contributed by atoms with Gasteiger partial charge in [0.05, 0.1) is 116 Å². The zero-order valence-electron chi connectivity index (χ0n) is 50.7. The van der Waals surface area contributed by atoms with Gasteiger partial charge in [-0.2, -0.15) is 0 Å². The van der Waals surface area contributed by atoms with Gasteiger partial charge in [-0.1, -0.05) is 0 Å². The van der Waals surface area contributed by atoms with Crippen molar-refractivity contribution >= 4 is 0 Å². The Hall–Kier alpha value is -1.44. The van der Waals surface area contributed by atoms with E-state index in [4.69, 9.17) is 85.3 Å². The van der Waals surface area contributed by atoms with Crippen molar-refractivity contribution in [1.82, 2.24) is 0 Å². The number of ether oxygens (including phenoxy) is 18. The summed E-state index contributed by atoms with van der Waals surface area (Å²) < 4.78 is 108. The first-order chi connectivity index (χ1) is 42.6. The van der Waals surface area contributed by atoms with Gasteiger partial charge in [0.25, 0.3) is 0 Å². The van der Waals surface area contributed by atoms with E-state index in [0.717, 1.165) is 0 Å². The summed E-state index contributed by atoms with van der Waals surface area (Å²) in [5, 5.41) is 203. The van der Waals surface area contributed by atoms with Crippen LogP contribution >= 0.6 is 0 Å². The molecule has 22 aliphatic rings. The molecule has 0 aromatic carbocycles. The quantitative estimate of drug-likeness (QED) is 0.0427. The van der Waals surface area contributed by atoms with Crippen molar-refractivity contribution in [2.75, 3.05) is 79.3 Å². The Labute approximate surface area is 517 Å². The van der Waals surface area contributed by atoms with Crippen molar-refractivity contribution in [2.24, 2.45) is 0 Å². The van der Waals surface area contributed by atoms with E-state index in [-0.39, 0.29) is 39.6 Å². The minimum atomic E-state index is -2.18. The van der Waals surface area contributed by atoms with Crippen LogP contribution < -0.4 is 0 Å². The number of aliphatic hydroxyl groups excluding tert-OH is 18. The lowest BCUT2D eigenvalue weighted by molar-refractivity contribution is -0.405. The van der Waals surface area contributed by atoms with Crippen LogP contribution in [0.25, 0.3) is 0 Å². The molecule has 0 aromatic heterocycles. The third-order valence-electron chi connectivity index (χ3n) is 15.4. The molecule has 36 heteroatoms. The third kappa shape index (κ3) is 19.9. The maximum Gasteiger partial charge on any atom is 0.187 e. The molecule has 528 valence electrons. The molecule has 12 bridgehead atoms. The fourth-order valence-electron chi connectivity index (χ4n) is 11.0. The van der Waals surface area contributed by atoms with Crippen LogP contribution in [0.15, 0.2) is 0 Å². The van der Waals surface area contributed by atoms with Crippen LogP contribution in [0.4, 0.5) is 0 Å². The predicted octanol–water partition coefficient (Wildman–Crippen LogP) is -10.6. The van der Waals surface area contributed by atoms with Gasteiger partial charge in [-0.05, 0) is 41.5 Å². The molecule has 0 saturated carbocycles. The van der Waals surface area contributed by atoms with Crippen LogP contribution in [0.5, 0.6) is 0 Å². The smallest absolute Gasteiger partial charge is 0.187 e. The molecule has 18 N–H and O–H groups in total. The number of aliphatic hydroxyl groups is 18. The van der Waals surface area contributed by atoms with E-state index in [1.54, 1.807) is 0 Å². The van der Waals surface area contributed by atoms with E-state index in [9.17, 15) is 91.9 Å². The van der Waals surface area contributed by atoms with Gasteiger partial charge in [0.2, 0.25) is 0 Å². The molecule has 22 heterocycles. The molecule has 0 radical (unpaired) electrons. The Morgan fingerprint density at radius 2 is 0.333 bits per heavy atom. The normalized spacial score (nSPS) is 46.0. The van der Waals surface area contributed by atoms with Gasteiger partial charge < -0.3 is 177 Å². The summed E-state index contributed by atoms with van der Waals surface area (Å²) in [5.74, 6) is 0. The van der Waals surface area contributed by atoms with Gasteiger partial charge in [-0.15, -0.1) is 0 Å². The molecular formula is C54H96O36. The molecule has 36 atom stereocenters. The van der Waals surface area contributed by atoms with Crippen molar-refractivity contribution in [3.8, 4) is 0 Å². The Kier molecular flexibility index (Phi) is 29.7. The maximum absolute atomic E-state index is 12.0. The standard InChI is InChI=1S/C54H96O36/c1-19(55)7-73-13-25-43-31(61)37(67)49(79-25)86-44-26(14-74-8-20(2)56)81-51(39(69)33(44)63)88-46-28(16-76-10-22(4)58)83-53(41(71)35(46)65)90-48-30(18-78-12-24(6)60)84-54(42(72)36(48)66)89-47-29(17-77-11-23(5)59)82-52(40(70)34(47)64)87-45-27(15-75-9-21(3)57)80-50(85-43)38(68)32(45)62/h19-72H,7-18H2,1-6H3. The number of hydrogen-bond acceptors (Lipinski definition) is 36. The highest BCUT2D eigenvalue weighted by Gasteiger charge is 2.59. The second-order valence-corrected chi connectivity index (χ2v) is 24.1. The lowest BCUT2D eigenvalue weighted by Crippen LogP contribution is -2.69. The van der Waals surface area contributed by atoms with Gasteiger partial charge >= 0.3 is 0 Å². The molecule has 0 aliphatic carbocycles. The summed E-state index contributed by atoms with van der Waals surface area (Å²) in [7, 11) is 0. The Morgan fingerprint density at radius 1 is 0.211 bits per heavy atom. The van der Waals surface area contributed by atoms with Crippen LogP contribution in [0.1, 0.15) is 41.5 Å². The van der Waals surface area contributed by atoms with Crippen LogP contribution in [-0.4, -0.2) is 392 Å². The second-order valence-electron chi connectivity index (χ2n) is 24.1. The lowest BCUT2D eigenvalue weighted by Gasteiger charge is -2.51. The van der Waals surface area contributed by atoms with Gasteiger partial charge in [0.1, 0.15) is 146 Å². The van der Waals surface area contributed by atoms with E-state index < -0.39 is 261 Å². The first kappa shape index (κ1) is 75.9. The number of hydrogen-bond donors (Lipinski definition) is 18. The van der Waals surface area contributed by atoms with Crippen molar-refractivity contribution < 1.29 is 177 Å². The fraction of sp³-hybridized carbons (Fsp3) is 1.00. The maximum atomic E-state index is 12.0. The average molecular weight is 1320 g/mol. The minimum absolute atomic E-state index is 0.338. The molecule has 0 spiro atoms. The molecule has 22 aliphatic heterocycles. The molecule has 22 rings (SSSR count). The summed E-state index contributed by atoms with van der Waals surface area (Å²) in [6.07, 6.45) is -64.7. The zero-order chi connectivity index (χ0) is 66.0. The largest absolute Gasteiger partial charge is 0.391 e. The summed E-state index contributed by atoms with van der Waals surface area (Å²) in [6, 6.07) is 0. The monoisotopic (exact) mass is 1320 g/mol. The zero-order valence-corrected chi connectivity index (χ0v) is 50.7. The first-order valence-corrected chi connectivity index (χ1v) is 30.1. The van der Waals surface area contributed by atoms with Gasteiger partial charge in [-0.25, -0.2) is 0 Å². The minimum Gasteiger partial charge on any atom is -0.391 e. The van der Waals surface area contributed by atoms with Crippen LogP contribution in [0, 0.1) is 0 Å². The SMILES string of the molecule is CC(O)COCC1OC2OC3C(COCC(C)O)OC(OC4C(COCC(C)O)OC(OC5C(COCC(C)O)OC(OC6C(COCC(C)O)OC(OC7C(COCC(C)O)OC(OC1C(O)C2O)C(O)C7O)C(O)C6O)C(O)C5O)C(O)C4O)C(O)C3O. The topological polar surface area (TPSA) is 530 Å². The molecule has 22 saturated heterocycles. The highest BCUT2D eigenvalue weighted by atomic mass is 16.8. The summed E-state index contributed by atoms with van der Waals surface area (Å²) >= 11 is 0. The predicted molar refractivity (Wildman–Crippen MR) is 288 cm³/mol. The highest BCUT2D eigenvalue weighted by molar-refractivity contribution is 5.01. The van der Waals surface area contributed by atoms with Gasteiger partial charge in [-0.3, -0.25) is 0 Å². The van der Waals surface area contributed by atoms with Crippen molar-refractivity contribution in [2.45, 2.75) is 262 Å². The van der Waals surface area contributed by atoms with Crippen LogP contribution in [0.2, 0.25) is 0 Å². The van der Waals surface area contributed by atoms with Gasteiger partial charge in [0, 0.05) is 0 Å². The summed E-state index contributed by atoms with van der Waals surface area (Å²) in [5.41, 5.74) is 0. The van der Waals surface area contributed by atoms with E-state index in [1.807, 2.05) is 0 Å². The van der Waals surface area contributed by atoms with E-state index >= 15 is 0 Å². The number of rotatable bonds is 24. The Morgan fingerprint density at radius 3 is 0.444 bits per heavy atom. The molecule has 22 fully saturated rings. The van der Waals surface area contributed by atoms with Crippen molar-refractivity contribution in [3.05, 3.63) is 0 Å². The fourth-order valence-corrected chi connectivity index (χ4v) is 11.0. The Bertz CT molecular complexity index is 1680. The average Bonchev–Trinajstić information content (AvgIpc) is 1.00. The second kappa shape index (κ2) is 35.2. The van der Waals surface area contributed by atoms with E-state index in [1.165, 1.54) is 41.5 Å². The molecular weight excluding hydrogens is 1220 g/mol. The highest BCUT2D eigenvalue weighted by Crippen LogP contribution is 2.39. The van der Waals surface area contributed by atoms with E-state index in [2.05, 4.69) is 0 Å². The summed E-state index contributed by atoms with van der Waals surface area (Å²) in [4.78, 5) is 0. The molecule has 0 aromatic rings. The lowest BCUT2D eigenvalue weighted by atomic mass is 9.94. The van der Waals surface area contributed by atoms with Crippen LogP contribution in [0.3, 0.4) is 0 Å².